The molecule has 1 aliphatic carbocycles. The van der Waals surface area contributed by atoms with Gasteiger partial charge in [-0.05, 0) is 31.4 Å². The van der Waals surface area contributed by atoms with Crippen LogP contribution in [-0.4, -0.2) is 34.7 Å². The van der Waals surface area contributed by atoms with Gasteiger partial charge in [-0.1, -0.05) is 0 Å². The maximum Gasteiger partial charge on any atom is 0.137 e. The lowest BCUT2D eigenvalue weighted by atomic mass is 9.93. The van der Waals surface area contributed by atoms with Crippen LogP contribution in [0.25, 0.3) is 0 Å². The molecule has 3 fully saturated rings. The van der Waals surface area contributed by atoms with Gasteiger partial charge >= 0.3 is 0 Å². The Kier molecular flexibility index (Phi) is 1.68. The number of rotatable bonds is 2. The molecule has 0 N–H and O–H groups in total. The fraction of sp³-hybridized carbons (Fsp3) is 0.692. The Morgan fingerprint density at radius 1 is 1.44 bits per heavy atom. The summed E-state index contributed by atoms with van der Waals surface area (Å²) in [5.41, 5.74) is 1.44. The van der Waals surface area contributed by atoms with Gasteiger partial charge in [-0.25, -0.2) is 0 Å². The maximum atomic E-state index is 6.04. The monoisotopic (exact) mass is 218 g/mol. The van der Waals surface area contributed by atoms with E-state index in [1.807, 2.05) is 0 Å². The summed E-state index contributed by atoms with van der Waals surface area (Å²) >= 11 is 0. The van der Waals surface area contributed by atoms with Gasteiger partial charge in [0.25, 0.3) is 0 Å². The Morgan fingerprint density at radius 3 is 2.94 bits per heavy atom. The molecular formula is C13H18N2O. The Bertz CT molecular complexity index is 423. The van der Waals surface area contributed by atoms with Crippen molar-refractivity contribution in [2.45, 2.75) is 37.0 Å². The van der Waals surface area contributed by atoms with Crippen molar-refractivity contribution in [1.82, 2.24) is 9.47 Å². The van der Waals surface area contributed by atoms with Crippen LogP contribution in [0.5, 0.6) is 0 Å². The van der Waals surface area contributed by atoms with Crippen molar-refractivity contribution in [3.8, 4) is 0 Å². The summed E-state index contributed by atoms with van der Waals surface area (Å²) in [5, 5.41) is 0. The van der Waals surface area contributed by atoms with Crippen molar-refractivity contribution in [3.05, 3.63) is 24.0 Å². The SMILES string of the molecule is Cn1cccc1[C@@]12CCN(C3CC3)C[C@H]1O2. The van der Waals surface area contributed by atoms with E-state index < -0.39 is 0 Å². The highest BCUT2D eigenvalue weighted by Gasteiger charge is 2.62. The van der Waals surface area contributed by atoms with Gasteiger partial charge in [-0.15, -0.1) is 0 Å². The molecule has 0 amide bonds. The Labute approximate surface area is 96.0 Å². The second-order valence-corrected chi connectivity index (χ2v) is 5.48. The summed E-state index contributed by atoms with van der Waals surface area (Å²) in [4.78, 5) is 2.62. The lowest BCUT2D eigenvalue weighted by Crippen LogP contribution is -2.40. The molecule has 2 saturated heterocycles. The van der Waals surface area contributed by atoms with Crippen LogP contribution in [0.1, 0.15) is 25.0 Å². The normalized spacial score (nSPS) is 38.4. The van der Waals surface area contributed by atoms with Gasteiger partial charge in [0.2, 0.25) is 0 Å². The summed E-state index contributed by atoms with van der Waals surface area (Å²) in [6.45, 7) is 2.36. The highest BCUT2D eigenvalue weighted by Crippen LogP contribution is 2.53. The van der Waals surface area contributed by atoms with Crippen LogP contribution in [0.2, 0.25) is 0 Å². The van der Waals surface area contributed by atoms with E-state index in [1.54, 1.807) is 0 Å². The molecule has 0 spiro atoms. The molecule has 3 heterocycles. The van der Waals surface area contributed by atoms with Crippen LogP contribution in [-0.2, 0) is 17.4 Å². The topological polar surface area (TPSA) is 20.7 Å². The first-order chi connectivity index (χ1) is 7.79. The second kappa shape index (κ2) is 2.90. The van der Waals surface area contributed by atoms with E-state index in [-0.39, 0.29) is 5.60 Å². The van der Waals surface area contributed by atoms with E-state index in [1.165, 1.54) is 31.5 Å². The van der Waals surface area contributed by atoms with Gasteiger partial charge in [0.05, 0.1) is 5.69 Å². The number of epoxide rings is 1. The summed E-state index contributed by atoms with van der Waals surface area (Å²) in [6.07, 6.45) is 6.56. The zero-order valence-electron chi connectivity index (χ0n) is 9.72. The minimum Gasteiger partial charge on any atom is -0.358 e. The fourth-order valence-electron chi connectivity index (χ4n) is 3.26. The third-order valence-electron chi connectivity index (χ3n) is 4.43. The van der Waals surface area contributed by atoms with Crippen molar-refractivity contribution in [3.63, 3.8) is 0 Å². The van der Waals surface area contributed by atoms with Gasteiger partial charge < -0.3 is 9.30 Å². The van der Waals surface area contributed by atoms with Crippen molar-refractivity contribution in [1.29, 1.82) is 0 Å². The quantitative estimate of drug-likeness (QED) is 0.701. The highest BCUT2D eigenvalue weighted by molar-refractivity contribution is 5.26. The summed E-state index contributed by atoms with van der Waals surface area (Å²) in [7, 11) is 2.12. The average molecular weight is 218 g/mol. The molecule has 1 aromatic heterocycles. The minimum atomic E-state index is 0.0731. The molecule has 4 rings (SSSR count). The Hall–Kier alpha value is -0.800. The average Bonchev–Trinajstić information content (AvgIpc) is 3.17. The van der Waals surface area contributed by atoms with Crippen LogP contribution < -0.4 is 0 Å². The molecular weight excluding hydrogens is 200 g/mol. The molecule has 2 atom stereocenters. The first-order valence-corrected chi connectivity index (χ1v) is 6.33. The largest absolute Gasteiger partial charge is 0.358 e. The van der Waals surface area contributed by atoms with Gasteiger partial charge in [-0.2, -0.15) is 0 Å². The number of hydrogen-bond donors (Lipinski definition) is 0. The van der Waals surface area contributed by atoms with Crippen molar-refractivity contribution < 1.29 is 4.74 Å². The number of aryl methyl sites for hydroxylation is 1. The highest BCUT2D eigenvalue weighted by atomic mass is 16.6. The Morgan fingerprint density at radius 2 is 2.31 bits per heavy atom. The van der Waals surface area contributed by atoms with Gasteiger partial charge in [-0.3, -0.25) is 4.90 Å². The third-order valence-corrected chi connectivity index (χ3v) is 4.43. The molecule has 3 nitrogen and oxygen atoms in total. The molecule has 0 radical (unpaired) electrons. The fourth-order valence-corrected chi connectivity index (χ4v) is 3.26. The van der Waals surface area contributed by atoms with Gasteiger partial charge in [0.1, 0.15) is 11.7 Å². The van der Waals surface area contributed by atoms with Gasteiger partial charge in [0, 0.05) is 32.4 Å². The molecule has 16 heavy (non-hydrogen) atoms. The summed E-state index contributed by atoms with van der Waals surface area (Å²) in [5.74, 6) is 0. The van der Waals surface area contributed by atoms with E-state index >= 15 is 0 Å². The van der Waals surface area contributed by atoms with Gasteiger partial charge in [0.15, 0.2) is 0 Å². The third kappa shape index (κ3) is 1.16. The molecule has 3 aliphatic rings. The standard InChI is InChI=1S/C13H18N2O/c1-14-7-2-3-11(14)13-6-8-15(10-4-5-10)9-12(13)16-13/h2-3,7,10,12H,4-6,8-9H2,1H3/t12-,13+/m1/s1. The zero-order valence-corrected chi connectivity index (χ0v) is 9.72. The number of likely N-dealkylation sites (tertiary alicyclic amines) is 1. The first kappa shape index (κ1) is 9.25. The minimum absolute atomic E-state index is 0.0731. The number of nitrogens with zero attached hydrogens (tertiary/aromatic N) is 2. The lowest BCUT2D eigenvalue weighted by Gasteiger charge is -2.28. The molecule has 0 bridgehead atoms. The predicted octanol–water partition coefficient (Wildman–Crippen LogP) is 1.49. The molecule has 86 valence electrons. The predicted molar refractivity (Wildman–Crippen MR) is 61.2 cm³/mol. The van der Waals surface area contributed by atoms with E-state index in [9.17, 15) is 0 Å². The number of piperidine rings is 1. The second-order valence-electron chi connectivity index (χ2n) is 5.48. The zero-order chi connectivity index (χ0) is 10.8. The first-order valence-electron chi connectivity index (χ1n) is 6.33. The van der Waals surface area contributed by atoms with E-state index in [0.29, 0.717) is 6.10 Å². The van der Waals surface area contributed by atoms with Crippen LogP contribution in [0.15, 0.2) is 18.3 Å². The van der Waals surface area contributed by atoms with E-state index in [0.717, 1.165) is 12.6 Å². The molecule has 1 saturated carbocycles. The number of aromatic nitrogens is 1. The van der Waals surface area contributed by atoms with E-state index in [4.69, 9.17) is 4.74 Å². The molecule has 0 aromatic carbocycles. The van der Waals surface area contributed by atoms with Crippen LogP contribution >= 0.6 is 0 Å². The number of hydrogen-bond acceptors (Lipinski definition) is 2. The van der Waals surface area contributed by atoms with Crippen molar-refractivity contribution >= 4 is 0 Å². The number of fused-ring (bicyclic) bond motifs is 1. The van der Waals surface area contributed by atoms with Crippen molar-refractivity contribution in [2.75, 3.05) is 13.1 Å². The van der Waals surface area contributed by atoms with Crippen LogP contribution in [0, 0.1) is 0 Å². The molecule has 3 heteroatoms. The summed E-state index contributed by atoms with van der Waals surface area (Å²) in [6, 6.07) is 5.22. The van der Waals surface area contributed by atoms with Crippen LogP contribution in [0.3, 0.4) is 0 Å². The lowest BCUT2D eigenvalue weighted by molar-refractivity contribution is 0.213. The molecule has 2 aliphatic heterocycles. The van der Waals surface area contributed by atoms with E-state index in [2.05, 4.69) is 34.8 Å². The van der Waals surface area contributed by atoms with Crippen LogP contribution in [0.4, 0.5) is 0 Å². The van der Waals surface area contributed by atoms with Crippen molar-refractivity contribution in [2.24, 2.45) is 7.05 Å². The maximum absolute atomic E-state index is 6.04. The number of ether oxygens (including phenoxy) is 1. The smallest absolute Gasteiger partial charge is 0.137 e. The summed E-state index contributed by atoms with van der Waals surface area (Å²) < 4.78 is 8.25. The molecule has 0 unspecified atom stereocenters. The Balaban J connectivity index is 1.57. The molecule has 1 aromatic rings.